The number of rotatable bonds is 4. The molecular weight excluding hydrogens is 347 g/mol. The highest BCUT2D eigenvalue weighted by molar-refractivity contribution is 7.92. The van der Waals surface area contributed by atoms with Crippen molar-refractivity contribution in [2.24, 2.45) is 0 Å². The lowest BCUT2D eigenvalue weighted by atomic mass is 10.2. The number of sulfonamides is 1. The van der Waals surface area contributed by atoms with Gasteiger partial charge < -0.3 is 0 Å². The number of nitrogens with zero attached hydrogens (tertiary/aromatic N) is 3. The van der Waals surface area contributed by atoms with Crippen molar-refractivity contribution in [1.82, 2.24) is 14.2 Å². The molecule has 0 spiro atoms. The molecule has 0 saturated carbocycles. The molecule has 2 heterocycles. The van der Waals surface area contributed by atoms with Crippen LogP contribution in [0.25, 0.3) is 5.52 Å². The van der Waals surface area contributed by atoms with Crippen molar-refractivity contribution in [3.05, 3.63) is 58.0 Å². The molecule has 0 radical (unpaired) electrons. The monoisotopic (exact) mass is 364 g/mol. The van der Waals surface area contributed by atoms with Crippen molar-refractivity contribution in [3.8, 4) is 0 Å². The van der Waals surface area contributed by atoms with E-state index in [2.05, 4.69) is 9.82 Å². The fourth-order valence-corrected chi connectivity index (χ4v) is 3.62. The first-order chi connectivity index (χ1) is 11.7. The molecule has 0 atom stereocenters. The van der Waals surface area contributed by atoms with Gasteiger partial charge >= 0.3 is 0 Å². The summed E-state index contributed by atoms with van der Waals surface area (Å²) in [6, 6.07) is 5.46. The van der Waals surface area contributed by atoms with Crippen LogP contribution >= 0.6 is 0 Å². The average Bonchev–Trinajstić information content (AvgIpc) is 3.00. The Kier molecular flexibility index (Phi) is 4.11. The van der Waals surface area contributed by atoms with E-state index < -0.39 is 21.4 Å². The molecule has 0 bridgehead atoms. The van der Waals surface area contributed by atoms with E-state index in [0.717, 1.165) is 0 Å². The zero-order valence-electron chi connectivity index (χ0n) is 13.9. The molecule has 25 heavy (non-hydrogen) atoms. The summed E-state index contributed by atoms with van der Waals surface area (Å²) in [5, 5.41) is 4.11. The third kappa shape index (κ3) is 3.02. The molecule has 0 amide bonds. The summed E-state index contributed by atoms with van der Waals surface area (Å²) in [5.41, 5.74) is 0.328. The van der Waals surface area contributed by atoms with Crippen molar-refractivity contribution in [1.29, 1.82) is 0 Å². The first-order valence-electron chi connectivity index (χ1n) is 7.61. The minimum atomic E-state index is -4.05. The second-order valence-electron chi connectivity index (χ2n) is 5.69. The van der Waals surface area contributed by atoms with E-state index in [0.29, 0.717) is 17.9 Å². The molecule has 1 N–H and O–H groups in total. The van der Waals surface area contributed by atoms with Gasteiger partial charge in [-0.05, 0) is 44.5 Å². The van der Waals surface area contributed by atoms with Crippen molar-refractivity contribution < 1.29 is 12.8 Å². The predicted octanol–water partition coefficient (Wildman–Crippen LogP) is 2.07. The van der Waals surface area contributed by atoms with Crippen LogP contribution in [0, 0.1) is 19.7 Å². The maximum absolute atomic E-state index is 13.9. The smallest absolute Gasteiger partial charge is 0.291 e. The molecule has 0 saturated heterocycles. The van der Waals surface area contributed by atoms with Crippen LogP contribution < -0.4 is 10.3 Å². The maximum atomic E-state index is 13.9. The van der Waals surface area contributed by atoms with Gasteiger partial charge in [-0.2, -0.15) is 5.10 Å². The van der Waals surface area contributed by atoms with E-state index in [4.69, 9.17) is 0 Å². The lowest BCUT2D eigenvalue weighted by molar-refractivity contribution is 0.592. The molecule has 132 valence electrons. The third-order valence-corrected chi connectivity index (χ3v) is 5.17. The average molecular weight is 364 g/mol. The highest BCUT2D eigenvalue weighted by Crippen LogP contribution is 2.21. The molecule has 2 aromatic heterocycles. The SMILES string of the molecule is CCn1nc(C)n2cc(S(=O)(=O)Nc3ccc(C)cc3F)cc2c1=O. The van der Waals surface area contributed by atoms with Gasteiger partial charge in [0.2, 0.25) is 0 Å². The van der Waals surface area contributed by atoms with Crippen LogP contribution in [-0.4, -0.2) is 22.6 Å². The molecular formula is C16H17FN4O3S. The Hall–Kier alpha value is -2.68. The highest BCUT2D eigenvalue weighted by Gasteiger charge is 2.20. The lowest BCUT2D eigenvalue weighted by Crippen LogP contribution is -2.25. The van der Waals surface area contributed by atoms with Gasteiger partial charge in [0.15, 0.2) is 0 Å². The number of aromatic nitrogens is 3. The normalized spacial score (nSPS) is 11.8. The summed E-state index contributed by atoms with van der Waals surface area (Å²) in [6.45, 7) is 5.52. The Morgan fingerprint density at radius 1 is 1.24 bits per heavy atom. The van der Waals surface area contributed by atoms with Crippen LogP contribution in [0.5, 0.6) is 0 Å². The molecule has 3 aromatic rings. The summed E-state index contributed by atoms with van der Waals surface area (Å²) in [5.74, 6) is -0.196. The minimum Gasteiger partial charge on any atom is -0.298 e. The van der Waals surface area contributed by atoms with Gasteiger partial charge in [0.25, 0.3) is 15.6 Å². The molecule has 0 fully saturated rings. The van der Waals surface area contributed by atoms with E-state index in [-0.39, 0.29) is 16.1 Å². The van der Waals surface area contributed by atoms with E-state index in [1.54, 1.807) is 26.8 Å². The second kappa shape index (κ2) is 5.99. The number of fused-ring (bicyclic) bond motifs is 1. The predicted molar refractivity (Wildman–Crippen MR) is 91.8 cm³/mol. The van der Waals surface area contributed by atoms with Gasteiger partial charge in [-0.15, -0.1) is 0 Å². The van der Waals surface area contributed by atoms with Crippen LogP contribution in [0.4, 0.5) is 10.1 Å². The summed E-state index contributed by atoms with van der Waals surface area (Å²) in [7, 11) is -4.05. The minimum absolute atomic E-state index is 0.136. The zero-order valence-corrected chi connectivity index (χ0v) is 14.8. The number of benzene rings is 1. The van der Waals surface area contributed by atoms with Crippen LogP contribution in [0.2, 0.25) is 0 Å². The Morgan fingerprint density at radius 3 is 2.60 bits per heavy atom. The first-order valence-corrected chi connectivity index (χ1v) is 9.10. The van der Waals surface area contributed by atoms with Crippen LogP contribution in [0.3, 0.4) is 0 Å². The van der Waals surface area contributed by atoms with Crippen LogP contribution in [-0.2, 0) is 16.6 Å². The quantitative estimate of drug-likeness (QED) is 0.768. The topological polar surface area (TPSA) is 85.5 Å². The van der Waals surface area contributed by atoms with Gasteiger partial charge in [-0.25, -0.2) is 17.5 Å². The molecule has 0 aliphatic rings. The van der Waals surface area contributed by atoms with E-state index in [1.807, 2.05) is 0 Å². The Morgan fingerprint density at radius 2 is 1.96 bits per heavy atom. The van der Waals surface area contributed by atoms with E-state index in [1.165, 1.54) is 33.5 Å². The molecule has 1 aromatic carbocycles. The summed E-state index contributed by atoms with van der Waals surface area (Å²) >= 11 is 0. The number of anilines is 1. The molecule has 0 aliphatic carbocycles. The maximum Gasteiger partial charge on any atom is 0.291 e. The number of halogens is 1. The van der Waals surface area contributed by atoms with E-state index >= 15 is 0 Å². The molecule has 0 unspecified atom stereocenters. The number of aryl methyl sites for hydroxylation is 3. The standard InChI is InChI=1S/C16H17FN4O3S/c1-4-21-16(22)15-8-12(9-20(15)11(3)18-21)25(23,24)19-14-6-5-10(2)7-13(14)17/h5-9,19H,4H2,1-3H3. The van der Waals surface area contributed by atoms with Crippen LogP contribution in [0.15, 0.2) is 40.2 Å². The van der Waals surface area contributed by atoms with Crippen molar-refractivity contribution >= 4 is 21.2 Å². The summed E-state index contributed by atoms with van der Waals surface area (Å²) in [6.07, 6.45) is 1.30. The van der Waals surface area contributed by atoms with Crippen LogP contribution in [0.1, 0.15) is 18.3 Å². The van der Waals surface area contributed by atoms with Gasteiger partial charge in [-0.1, -0.05) is 6.07 Å². The Labute approximate surface area is 143 Å². The number of hydrogen-bond acceptors (Lipinski definition) is 4. The molecule has 0 aliphatic heterocycles. The fourth-order valence-electron chi connectivity index (χ4n) is 2.54. The summed E-state index contributed by atoms with van der Waals surface area (Å²) in [4.78, 5) is 12.2. The van der Waals surface area contributed by atoms with Crippen molar-refractivity contribution in [3.63, 3.8) is 0 Å². The van der Waals surface area contributed by atoms with Gasteiger partial charge in [0, 0.05) is 12.7 Å². The third-order valence-electron chi connectivity index (χ3n) is 3.84. The van der Waals surface area contributed by atoms with Gasteiger partial charge in [-0.3, -0.25) is 13.9 Å². The van der Waals surface area contributed by atoms with Crippen molar-refractivity contribution in [2.75, 3.05) is 4.72 Å². The molecule has 7 nitrogen and oxygen atoms in total. The molecule has 9 heteroatoms. The summed E-state index contributed by atoms with van der Waals surface area (Å²) < 4.78 is 43.9. The molecule has 3 rings (SSSR count). The fraction of sp³-hybridized carbons (Fsp3) is 0.250. The number of hydrogen-bond donors (Lipinski definition) is 1. The van der Waals surface area contributed by atoms with Gasteiger partial charge in [0.1, 0.15) is 22.1 Å². The largest absolute Gasteiger partial charge is 0.298 e. The number of nitrogens with one attached hydrogen (secondary N) is 1. The highest BCUT2D eigenvalue weighted by atomic mass is 32.2. The second-order valence-corrected chi connectivity index (χ2v) is 7.37. The van der Waals surface area contributed by atoms with Gasteiger partial charge in [0.05, 0.1) is 5.69 Å². The Bertz CT molecular complexity index is 1130. The first kappa shape index (κ1) is 17.2. The Balaban J connectivity index is 2.10. The van der Waals surface area contributed by atoms with Crippen molar-refractivity contribution in [2.45, 2.75) is 32.2 Å². The lowest BCUT2D eigenvalue weighted by Gasteiger charge is -2.07. The zero-order chi connectivity index (χ0) is 18.4. The van der Waals surface area contributed by atoms with E-state index in [9.17, 15) is 17.6 Å².